The third kappa shape index (κ3) is 4.08. The van der Waals surface area contributed by atoms with Gasteiger partial charge in [-0.2, -0.15) is 5.10 Å². The van der Waals surface area contributed by atoms with Crippen LogP contribution in [0.5, 0.6) is 5.75 Å². The van der Waals surface area contributed by atoms with Gasteiger partial charge in [0, 0.05) is 26.3 Å². The van der Waals surface area contributed by atoms with Crippen molar-refractivity contribution >= 4 is 62.1 Å². The number of nitrogens with zero attached hydrogens (tertiary/aromatic N) is 5. The van der Waals surface area contributed by atoms with Crippen LogP contribution in [0, 0.1) is 6.92 Å². The Hall–Kier alpha value is -4.40. The number of phenols is 1. The summed E-state index contributed by atoms with van der Waals surface area (Å²) in [5, 5.41) is 20.3. The average Bonchev–Trinajstić information content (AvgIpc) is 3.31. The molecule has 9 heteroatoms. The molecule has 2 aliphatic heterocycles. The van der Waals surface area contributed by atoms with Crippen molar-refractivity contribution in [1.82, 2.24) is 9.78 Å². The lowest BCUT2D eigenvalue weighted by atomic mass is 9.92. The Balaban J connectivity index is 1.52. The SMILES string of the molecule is Cc1nn(-c2ccccc2)c2c1[C@H](c1cc(Br)ccc1O)N1C(=N2)C(Nc2ccc(Cl)cc2)=Nc2ccccc21. The molecule has 0 saturated heterocycles. The van der Waals surface area contributed by atoms with Gasteiger partial charge in [0.15, 0.2) is 17.5 Å². The van der Waals surface area contributed by atoms with Gasteiger partial charge in [0.05, 0.1) is 28.8 Å². The van der Waals surface area contributed by atoms with Crippen LogP contribution in [0.15, 0.2) is 112 Å². The first kappa shape index (κ1) is 24.6. The third-order valence-corrected chi connectivity index (χ3v) is 7.78. The van der Waals surface area contributed by atoms with Crippen LogP contribution in [-0.4, -0.2) is 26.6 Å². The predicted molar refractivity (Wildman–Crippen MR) is 164 cm³/mol. The van der Waals surface area contributed by atoms with Crippen molar-refractivity contribution in [3.8, 4) is 11.4 Å². The zero-order valence-corrected chi connectivity index (χ0v) is 23.6. The second-order valence-electron chi connectivity index (χ2n) is 9.56. The number of fused-ring (bicyclic) bond motifs is 4. The molecule has 0 saturated carbocycles. The monoisotopic (exact) mass is 608 g/mol. The molecule has 2 aliphatic rings. The molecule has 0 unspecified atom stereocenters. The van der Waals surface area contributed by atoms with E-state index in [0.717, 1.165) is 44.0 Å². The Morgan fingerprint density at radius 3 is 2.45 bits per heavy atom. The van der Waals surface area contributed by atoms with E-state index in [4.69, 9.17) is 26.7 Å². The Morgan fingerprint density at radius 1 is 0.900 bits per heavy atom. The quantitative estimate of drug-likeness (QED) is 0.217. The fourth-order valence-electron chi connectivity index (χ4n) is 5.26. The van der Waals surface area contributed by atoms with E-state index in [1.54, 1.807) is 6.07 Å². The molecule has 0 amide bonds. The molecular weight excluding hydrogens is 588 g/mol. The van der Waals surface area contributed by atoms with Gasteiger partial charge in [0.1, 0.15) is 5.75 Å². The summed E-state index contributed by atoms with van der Waals surface area (Å²) in [5.74, 6) is 2.05. The minimum Gasteiger partial charge on any atom is -0.508 e. The Kier molecular flexibility index (Phi) is 5.95. The van der Waals surface area contributed by atoms with E-state index in [9.17, 15) is 5.11 Å². The van der Waals surface area contributed by atoms with Crippen molar-refractivity contribution in [2.45, 2.75) is 13.0 Å². The van der Waals surface area contributed by atoms with Gasteiger partial charge >= 0.3 is 0 Å². The van der Waals surface area contributed by atoms with Crippen molar-refractivity contribution < 1.29 is 5.11 Å². The molecule has 5 aromatic rings. The zero-order valence-electron chi connectivity index (χ0n) is 21.3. The first-order valence-corrected chi connectivity index (χ1v) is 13.9. The fourth-order valence-corrected chi connectivity index (χ4v) is 5.76. The van der Waals surface area contributed by atoms with Gasteiger partial charge in [-0.3, -0.25) is 0 Å². The van der Waals surface area contributed by atoms with Crippen LogP contribution in [-0.2, 0) is 0 Å². The Bertz CT molecular complexity index is 1830. The van der Waals surface area contributed by atoms with Crippen LogP contribution in [0.2, 0.25) is 5.02 Å². The highest BCUT2D eigenvalue weighted by atomic mass is 79.9. The van der Waals surface area contributed by atoms with Crippen LogP contribution < -0.4 is 10.2 Å². The molecule has 4 aromatic carbocycles. The molecule has 196 valence electrons. The van der Waals surface area contributed by atoms with Crippen molar-refractivity contribution in [2.24, 2.45) is 9.98 Å². The number of hydrogen-bond acceptors (Lipinski definition) is 6. The summed E-state index contributed by atoms with van der Waals surface area (Å²) in [6.45, 7) is 1.98. The van der Waals surface area contributed by atoms with Crippen molar-refractivity contribution in [2.75, 3.05) is 10.2 Å². The molecule has 0 bridgehead atoms. The summed E-state index contributed by atoms with van der Waals surface area (Å²) >= 11 is 9.77. The lowest BCUT2D eigenvalue weighted by molar-refractivity contribution is 0.465. The van der Waals surface area contributed by atoms with E-state index < -0.39 is 6.04 Å². The van der Waals surface area contributed by atoms with E-state index in [2.05, 4.69) is 26.1 Å². The van der Waals surface area contributed by atoms with Crippen molar-refractivity contribution in [1.29, 1.82) is 0 Å². The minimum atomic E-state index is -0.434. The van der Waals surface area contributed by atoms with Crippen LogP contribution in [0.3, 0.4) is 0 Å². The van der Waals surface area contributed by atoms with E-state index in [-0.39, 0.29) is 5.75 Å². The molecular formula is C31H22BrClN6O. The standard InChI is InChI=1S/C31H22BrClN6O/c1-18-27-28(23-17-19(32)11-16-26(23)40)38-25-10-6-5-9-24(25)35-29(34-21-14-12-20(33)13-15-21)31(38)36-30(27)39(37-18)22-7-3-2-4-8-22/h2-17,28,40H,1H3,(H,34,35)/t28-/m0/s1. The summed E-state index contributed by atoms with van der Waals surface area (Å²) in [4.78, 5) is 12.3. The smallest absolute Gasteiger partial charge is 0.179 e. The molecule has 3 heterocycles. The summed E-state index contributed by atoms with van der Waals surface area (Å²) in [6, 6.07) is 30.4. The lowest BCUT2D eigenvalue weighted by Crippen LogP contribution is -2.46. The summed E-state index contributed by atoms with van der Waals surface area (Å²) in [6.07, 6.45) is 0. The third-order valence-electron chi connectivity index (χ3n) is 7.03. The Morgan fingerprint density at radius 2 is 1.65 bits per heavy atom. The number of aromatic hydroxyl groups is 1. The highest BCUT2D eigenvalue weighted by Crippen LogP contribution is 2.50. The number of halogens is 2. The molecule has 0 radical (unpaired) electrons. The number of hydrogen-bond donors (Lipinski definition) is 2. The maximum atomic E-state index is 11.2. The number of aryl methyl sites for hydroxylation is 1. The normalized spacial score (nSPS) is 15.5. The zero-order chi connectivity index (χ0) is 27.4. The summed E-state index contributed by atoms with van der Waals surface area (Å²) in [7, 11) is 0. The van der Waals surface area contributed by atoms with E-state index >= 15 is 0 Å². The molecule has 7 rings (SSSR count). The number of benzene rings is 4. The van der Waals surface area contributed by atoms with Gasteiger partial charge in [-0.25, -0.2) is 14.7 Å². The number of para-hydroxylation sites is 3. The van der Waals surface area contributed by atoms with Gasteiger partial charge in [0.25, 0.3) is 0 Å². The van der Waals surface area contributed by atoms with Gasteiger partial charge in [0.2, 0.25) is 0 Å². The number of amidine groups is 2. The van der Waals surface area contributed by atoms with Crippen LogP contribution in [0.1, 0.15) is 22.9 Å². The van der Waals surface area contributed by atoms with Crippen LogP contribution in [0.4, 0.5) is 22.9 Å². The second kappa shape index (κ2) is 9.66. The maximum Gasteiger partial charge on any atom is 0.179 e. The molecule has 0 aliphatic carbocycles. The predicted octanol–water partition coefficient (Wildman–Crippen LogP) is 8.10. The van der Waals surface area contributed by atoms with Gasteiger partial charge in [-0.1, -0.05) is 57.9 Å². The van der Waals surface area contributed by atoms with Crippen molar-refractivity contribution in [3.63, 3.8) is 0 Å². The molecule has 0 spiro atoms. The first-order valence-electron chi connectivity index (χ1n) is 12.7. The lowest BCUT2D eigenvalue weighted by Gasteiger charge is -2.40. The maximum absolute atomic E-state index is 11.2. The Labute approximate surface area is 244 Å². The molecule has 0 fully saturated rings. The molecule has 1 atom stereocenters. The first-order chi connectivity index (χ1) is 19.5. The van der Waals surface area contributed by atoms with E-state index in [1.807, 2.05) is 103 Å². The molecule has 7 nitrogen and oxygen atoms in total. The molecule has 1 aromatic heterocycles. The highest BCUT2D eigenvalue weighted by molar-refractivity contribution is 9.10. The largest absolute Gasteiger partial charge is 0.508 e. The summed E-state index contributed by atoms with van der Waals surface area (Å²) < 4.78 is 2.72. The molecule has 40 heavy (non-hydrogen) atoms. The van der Waals surface area contributed by atoms with Gasteiger partial charge in [-0.15, -0.1) is 0 Å². The average molecular weight is 610 g/mol. The number of anilines is 2. The van der Waals surface area contributed by atoms with E-state index in [0.29, 0.717) is 22.5 Å². The highest BCUT2D eigenvalue weighted by Gasteiger charge is 2.42. The fraction of sp³-hybridized carbons (Fsp3) is 0.0645. The second-order valence-corrected chi connectivity index (χ2v) is 10.9. The number of aromatic nitrogens is 2. The number of nitrogens with one attached hydrogen (secondary N) is 1. The number of aliphatic imine (C=N–C) groups is 2. The molecule has 2 N–H and O–H groups in total. The summed E-state index contributed by atoms with van der Waals surface area (Å²) in [5.41, 5.74) is 5.83. The topological polar surface area (TPSA) is 78.0 Å². The van der Waals surface area contributed by atoms with Gasteiger partial charge in [-0.05, 0) is 73.7 Å². The van der Waals surface area contributed by atoms with E-state index in [1.165, 1.54) is 0 Å². The minimum absolute atomic E-state index is 0.180. The van der Waals surface area contributed by atoms with Crippen LogP contribution >= 0.6 is 27.5 Å². The van der Waals surface area contributed by atoms with Crippen LogP contribution in [0.25, 0.3) is 5.69 Å². The number of rotatable bonds is 3. The van der Waals surface area contributed by atoms with Crippen molar-refractivity contribution in [3.05, 3.63) is 123 Å². The van der Waals surface area contributed by atoms with Gasteiger partial charge < -0.3 is 15.3 Å². The number of phenolic OH excluding ortho intramolecular Hbond substituents is 1.